The molecule has 1 fully saturated rings. The zero-order valence-electron chi connectivity index (χ0n) is 23.6. The van der Waals surface area contributed by atoms with Crippen molar-refractivity contribution < 1.29 is 27.5 Å². The molecule has 4 aromatic rings. The monoisotopic (exact) mass is 608 g/mol. The number of aryl methyl sites for hydroxylation is 2. The average Bonchev–Trinajstić information content (AvgIpc) is 3.56. The van der Waals surface area contributed by atoms with E-state index in [2.05, 4.69) is 25.1 Å². The molecule has 1 saturated heterocycles. The maximum absolute atomic E-state index is 13.0. The number of nitrogens with one attached hydrogen (secondary N) is 1. The van der Waals surface area contributed by atoms with Gasteiger partial charge in [0, 0.05) is 17.3 Å². The van der Waals surface area contributed by atoms with Crippen LogP contribution in [0.5, 0.6) is 5.75 Å². The number of carbonyl (C=O) groups excluding carboxylic acids is 2. The lowest BCUT2D eigenvalue weighted by molar-refractivity contribution is -0.274. The number of aliphatic imine (C=N–C) groups is 1. The topological polar surface area (TPSA) is 102 Å². The number of amides is 3. The van der Waals surface area contributed by atoms with Gasteiger partial charge in [0.25, 0.3) is 0 Å². The summed E-state index contributed by atoms with van der Waals surface area (Å²) in [7, 11) is 0. The Balaban J connectivity index is 1.33. The lowest BCUT2D eigenvalue weighted by Gasteiger charge is -2.22. The minimum Gasteiger partial charge on any atom is -0.406 e. The van der Waals surface area contributed by atoms with E-state index in [1.807, 2.05) is 39.0 Å². The Morgan fingerprint density at radius 1 is 1.09 bits per heavy atom. The lowest BCUT2D eigenvalue weighted by Crippen LogP contribution is -2.31. The van der Waals surface area contributed by atoms with E-state index in [1.165, 1.54) is 45.9 Å². The van der Waals surface area contributed by atoms with Gasteiger partial charge in [-0.15, -0.1) is 18.3 Å². The molecule has 3 amide bonds. The van der Waals surface area contributed by atoms with Crippen molar-refractivity contribution >= 4 is 40.2 Å². The Kier molecular flexibility index (Phi) is 8.27. The third kappa shape index (κ3) is 6.88. The minimum atomic E-state index is -4.81. The molecule has 43 heavy (non-hydrogen) atoms. The van der Waals surface area contributed by atoms with Gasteiger partial charge in [0.1, 0.15) is 12.1 Å². The van der Waals surface area contributed by atoms with E-state index in [0.717, 1.165) is 16.8 Å². The number of aromatic nitrogens is 3. The fourth-order valence-corrected chi connectivity index (χ4v) is 5.39. The molecule has 0 unspecified atom stereocenters. The minimum absolute atomic E-state index is 0.142. The maximum Gasteiger partial charge on any atom is 0.573 e. The summed E-state index contributed by atoms with van der Waals surface area (Å²) < 4.78 is 43.1. The number of amidine groups is 1. The van der Waals surface area contributed by atoms with Gasteiger partial charge >= 0.3 is 12.4 Å². The van der Waals surface area contributed by atoms with Crippen LogP contribution >= 0.6 is 11.8 Å². The van der Waals surface area contributed by atoms with Gasteiger partial charge in [0.15, 0.2) is 11.0 Å². The molecule has 13 heteroatoms. The molecule has 0 radical (unpaired) electrons. The van der Waals surface area contributed by atoms with E-state index >= 15 is 0 Å². The molecule has 3 aromatic carbocycles. The van der Waals surface area contributed by atoms with Crippen LogP contribution in [0.3, 0.4) is 0 Å². The highest BCUT2D eigenvalue weighted by Gasteiger charge is 2.33. The summed E-state index contributed by atoms with van der Waals surface area (Å²) in [5.41, 5.74) is 4.88. The Hall–Kier alpha value is -4.65. The van der Waals surface area contributed by atoms with Crippen LogP contribution in [0.2, 0.25) is 0 Å². The predicted octanol–water partition coefficient (Wildman–Crippen LogP) is 7.24. The largest absolute Gasteiger partial charge is 0.573 e. The van der Waals surface area contributed by atoms with Gasteiger partial charge < -0.3 is 10.1 Å². The third-order valence-corrected chi connectivity index (χ3v) is 7.47. The Labute approximate surface area is 249 Å². The molecular weight excluding hydrogens is 581 g/mol. The summed E-state index contributed by atoms with van der Waals surface area (Å²) >= 11 is 1.21. The van der Waals surface area contributed by atoms with Crippen LogP contribution in [0.1, 0.15) is 36.5 Å². The number of halogens is 3. The zero-order valence-corrected chi connectivity index (χ0v) is 24.5. The Morgan fingerprint density at radius 2 is 1.88 bits per heavy atom. The second kappa shape index (κ2) is 11.9. The molecular formula is C30H27F3N6O3S. The fraction of sp³-hybridized carbons (Fsp3) is 0.233. The number of hydrogen-bond acceptors (Lipinski definition) is 6. The van der Waals surface area contributed by atoms with E-state index in [-0.39, 0.29) is 23.3 Å². The molecule has 0 spiro atoms. The fourth-order valence-electron chi connectivity index (χ4n) is 4.53. The SMILES string of the molecule is Cc1ccc(C(C)C)c(N2C(=O)CSC2=NC(=O)Nc2ccc(-c3ncn(-c4cccc(OC(F)(F)F)c4)n3)cc2C)c1. The van der Waals surface area contributed by atoms with Crippen LogP contribution in [-0.4, -0.2) is 44.0 Å². The molecule has 0 saturated carbocycles. The number of ether oxygens (including phenoxy) is 1. The normalized spacial score (nSPS) is 14.6. The van der Waals surface area contributed by atoms with Crippen LogP contribution in [0.4, 0.5) is 29.3 Å². The van der Waals surface area contributed by atoms with Gasteiger partial charge in [0.05, 0.1) is 17.1 Å². The number of alkyl halides is 3. The zero-order chi connectivity index (χ0) is 30.9. The van der Waals surface area contributed by atoms with Crippen LogP contribution in [0, 0.1) is 13.8 Å². The van der Waals surface area contributed by atoms with Crippen LogP contribution < -0.4 is 15.0 Å². The van der Waals surface area contributed by atoms with Crippen molar-refractivity contribution in [3.8, 4) is 22.8 Å². The maximum atomic E-state index is 13.0. The number of anilines is 2. The van der Waals surface area contributed by atoms with E-state index in [0.29, 0.717) is 33.5 Å². The highest BCUT2D eigenvalue weighted by molar-refractivity contribution is 8.15. The first-order chi connectivity index (χ1) is 20.4. The van der Waals surface area contributed by atoms with Gasteiger partial charge in [-0.25, -0.2) is 14.5 Å². The molecule has 222 valence electrons. The van der Waals surface area contributed by atoms with E-state index in [1.54, 1.807) is 31.2 Å². The molecule has 0 bridgehead atoms. The molecule has 0 atom stereocenters. The van der Waals surface area contributed by atoms with Gasteiger partial charge in [0.2, 0.25) is 5.91 Å². The molecule has 2 heterocycles. The summed E-state index contributed by atoms with van der Waals surface area (Å²) in [6.45, 7) is 7.83. The molecule has 9 nitrogen and oxygen atoms in total. The first-order valence-electron chi connectivity index (χ1n) is 13.2. The van der Waals surface area contributed by atoms with E-state index in [9.17, 15) is 22.8 Å². The van der Waals surface area contributed by atoms with Crippen molar-refractivity contribution in [1.29, 1.82) is 0 Å². The van der Waals surface area contributed by atoms with Crippen LogP contribution in [-0.2, 0) is 4.79 Å². The predicted molar refractivity (Wildman–Crippen MR) is 160 cm³/mol. The Morgan fingerprint density at radius 3 is 2.60 bits per heavy atom. The van der Waals surface area contributed by atoms with Gasteiger partial charge in [-0.2, -0.15) is 4.99 Å². The van der Waals surface area contributed by atoms with E-state index < -0.39 is 12.4 Å². The number of thioether (sulfide) groups is 1. The lowest BCUT2D eigenvalue weighted by atomic mass is 9.99. The quantitative estimate of drug-likeness (QED) is 0.248. The third-order valence-electron chi connectivity index (χ3n) is 6.55. The summed E-state index contributed by atoms with van der Waals surface area (Å²) in [6, 6.07) is 15.9. The summed E-state index contributed by atoms with van der Waals surface area (Å²) in [5.74, 6) is 0.170. The number of carbonyl (C=O) groups is 2. The van der Waals surface area contributed by atoms with Crippen molar-refractivity contribution in [2.45, 2.75) is 40.0 Å². The van der Waals surface area contributed by atoms with Crippen molar-refractivity contribution in [3.63, 3.8) is 0 Å². The van der Waals surface area contributed by atoms with Gasteiger partial charge in [-0.3, -0.25) is 9.69 Å². The van der Waals surface area contributed by atoms with Crippen molar-refractivity contribution in [1.82, 2.24) is 14.8 Å². The second-order valence-corrected chi connectivity index (χ2v) is 11.1. The highest BCUT2D eigenvalue weighted by atomic mass is 32.2. The van der Waals surface area contributed by atoms with Crippen LogP contribution in [0.15, 0.2) is 72.0 Å². The smallest absolute Gasteiger partial charge is 0.406 e. The molecule has 1 aliphatic rings. The number of hydrogen-bond donors (Lipinski definition) is 1. The summed E-state index contributed by atoms with van der Waals surface area (Å²) in [6.07, 6.45) is -3.42. The number of benzene rings is 3. The highest BCUT2D eigenvalue weighted by Crippen LogP contribution is 2.34. The first kappa shape index (κ1) is 29.8. The number of urea groups is 1. The van der Waals surface area contributed by atoms with Gasteiger partial charge in [-0.05, 0) is 72.9 Å². The first-order valence-corrected chi connectivity index (χ1v) is 14.2. The molecule has 1 aliphatic heterocycles. The second-order valence-electron chi connectivity index (χ2n) is 10.1. The molecule has 1 aromatic heterocycles. The molecule has 0 aliphatic carbocycles. The number of nitrogens with zero attached hydrogens (tertiary/aromatic N) is 5. The van der Waals surface area contributed by atoms with Crippen molar-refractivity contribution in [2.75, 3.05) is 16.0 Å². The summed E-state index contributed by atoms with van der Waals surface area (Å²) in [5, 5.41) is 7.46. The van der Waals surface area contributed by atoms with Gasteiger partial charge in [-0.1, -0.05) is 43.8 Å². The van der Waals surface area contributed by atoms with E-state index in [4.69, 9.17) is 0 Å². The number of rotatable bonds is 6. The molecule has 1 N–H and O–H groups in total. The molecule has 5 rings (SSSR count). The van der Waals surface area contributed by atoms with Crippen LogP contribution in [0.25, 0.3) is 17.1 Å². The Bertz CT molecular complexity index is 1730. The standard InChI is InChI=1S/C30H27F3N6O3S/c1-17(2)23-10-8-18(3)12-25(23)39-26(40)15-43-29(39)36-28(41)35-24-11-9-20(13-19(24)4)27-34-16-38(37-27)21-6-5-7-22(14-21)42-30(31,32)33/h5-14,16-17H,15H2,1-4H3,(H,35,41). The summed E-state index contributed by atoms with van der Waals surface area (Å²) in [4.78, 5) is 35.8. The van der Waals surface area contributed by atoms with Crippen molar-refractivity contribution in [2.24, 2.45) is 4.99 Å². The average molecular weight is 609 g/mol. The van der Waals surface area contributed by atoms with Crippen molar-refractivity contribution in [3.05, 3.63) is 83.7 Å².